The quantitative estimate of drug-likeness (QED) is 0.567. The predicted octanol–water partition coefficient (Wildman–Crippen LogP) is 3.10. The molecule has 0 saturated heterocycles. The number of nitrogens with one attached hydrogen (secondary N) is 1. The number of benzene rings is 3. The first kappa shape index (κ1) is 16.5. The van der Waals surface area contributed by atoms with E-state index < -0.39 is 5.82 Å². The maximum absolute atomic E-state index is 13.7. The van der Waals surface area contributed by atoms with Crippen LogP contribution in [0.5, 0.6) is 0 Å². The van der Waals surface area contributed by atoms with Crippen LogP contribution in [0.15, 0.2) is 71.8 Å². The summed E-state index contributed by atoms with van der Waals surface area (Å²) >= 11 is 0. The summed E-state index contributed by atoms with van der Waals surface area (Å²) in [6.07, 6.45) is 1.28. The highest BCUT2D eigenvalue weighted by Gasteiger charge is 2.14. The first-order chi connectivity index (χ1) is 13.2. The fraction of sp³-hybridized carbons (Fsp3) is 0. The monoisotopic (exact) mass is 360 g/mol. The SMILES string of the molecule is O=C(Nc1nnnn1/N=C\c1ccccc1F)c1cccc2ccccc12. The van der Waals surface area contributed by atoms with Gasteiger partial charge in [0.05, 0.1) is 6.21 Å². The predicted molar refractivity (Wildman–Crippen MR) is 99.1 cm³/mol. The highest BCUT2D eigenvalue weighted by Crippen LogP contribution is 2.19. The van der Waals surface area contributed by atoms with Crippen LogP contribution in [0, 0.1) is 5.82 Å². The van der Waals surface area contributed by atoms with Gasteiger partial charge in [0.15, 0.2) is 0 Å². The summed E-state index contributed by atoms with van der Waals surface area (Å²) < 4.78 is 13.7. The number of tetrazole rings is 1. The fourth-order valence-corrected chi connectivity index (χ4v) is 2.62. The van der Waals surface area contributed by atoms with Crippen molar-refractivity contribution < 1.29 is 9.18 Å². The molecule has 8 heteroatoms. The van der Waals surface area contributed by atoms with Gasteiger partial charge in [-0.2, -0.15) is 5.10 Å². The topological polar surface area (TPSA) is 85.1 Å². The highest BCUT2D eigenvalue weighted by molar-refractivity contribution is 6.12. The molecule has 1 N–H and O–H groups in total. The molecule has 1 heterocycles. The molecule has 0 aliphatic carbocycles. The van der Waals surface area contributed by atoms with E-state index >= 15 is 0 Å². The second kappa shape index (κ2) is 7.12. The van der Waals surface area contributed by atoms with Crippen LogP contribution in [-0.4, -0.2) is 32.4 Å². The van der Waals surface area contributed by atoms with E-state index in [9.17, 15) is 9.18 Å². The molecule has 0 fully saturated rings. The Labute approximate surface area is 153 Å². The summed E-state index contributed by atoms with van der Waals surface area (Å²) in [6.45, 7) is 0. The van der Waals surface area contributed by atoms with Gasteiger partial charge in [-0.1, -0.05) is 64.5 Å². The molecule has 4 rings (SSSR count). The van der Waals surface area contributed by atoms with Gasteiger partial charge < -0.3 is 0 Å². The average Bonchev–Trinajstić information content (AvgIpc) is 3.14. The van der Waals surface area contributed by atoms with Gasteiger partial charge in [0.2, 0.25) is 0 Å². The van der Waals surface area contributed by atoms with Gasteiger partial charge in [-0.3, -0.25) is 10.1 Å². The van der Waals surface area contributed by atoms with Gasteiger partial charge in [-0.25, -0.2) is 4.39 Å². The zero-order valence-electron chi connectivity index (χ0n) is 14.0. The maximum atomic E-state index is 13.7. The van der Waals surface area contributed by atoms with Gasteiger partial charge >= 0.3 is 0 Å². The zero-order valence-corrected chi connectivity index (χ0v) is 14.0. The van der Waals surface area contributed by atoms with Gasteiger partial charge in [0.25, 0.3) is 11.9 Å². The van der Waals surface area contributed by atoms with E-state index in [4.69, 9.17) is 0 Å². The number of rotatable bonds is 4. The molecular weight excluding hydrogens is 347 g/mol. The molecule has 0 bridgehead atoms. The van der Waals surface area contributed by atoms with Crippen molar-refractivity contribution in [2.24, 2.45) is 5.10 Å². The zero-order chi connectivity index (χ0) is 18.6. The van der Waals surface area contributed by atoms with Crippen LogP contribution in [0.25, 0.3) is 10.8 Å². The number of nitrogens with zero attached hydrogens (tertiary/aromatic N) is 5. The molecule has 0 spiro atoms. The van der Waals surface area contributed by atoms with E-state index in [1.165, 1.54) is 12.3 Å². The molecule has 132 valence electrons. The molecule has 3 aromatic carbocycles. The van der Waals surface area contributed by atoms with Gasteiger partial charge in [0.1, 0.15) is 5.82 Å². The maximum Gasteiger partial charge on any atom is 0.272 e. The van der Waals surface area contributed by atoms with Gasteiger partial charge in [-0.15, -0.1) is 0 Å². The molecule has 0 aliphatic heterocycles. The second-order valence-electron chi connectivity index (χ2n) is 5.64. The minimum atomic E-state index is -0.421. The minimum absolute atomic E-state index is 0.0283. The highest BCUT2D eigenvalue weighted by atomic mass is 19.1. The summed E-state index contributed by atoms with van der Waals surface area (Å²) in [5.41, 5.74) is 0.764. The fourth-order valence-electron chi connectivity index (χ4n) is 2.62. The van der Waals surface area contributed by atoms with E-state index in [0.717, 1.165) is 15.6 Å². The van der Waals surface area contributed by atoms with Crippen molar-refractivity contribution in [2.75, 3.05) is 5.32 Å². The normalized spacial score (nSPS) is 11.1. The van der Waals surface area contributed by atoms with Crippen LogP contribution < -0.4 is 5.32 Å². The molecule has 27 heavy (non-hydrogen) atoms. The molecule has 4 aromatic rings. The third-order valence-electron chi connectivity index (χ3n) is 3.92. The van der Waals surface area contributed by atoms with Crippen LogP contribution >= 0.6 is 0 Å². The third kappa shape index (κ3) is 3.40. The number of amides is 1. The van der Waals surface area contributed by atoms with E-state index in [-0.39, 0.29) is 17.4 Å². The summed E-state index contributed by atoms with van der Waals surface area (Å²) in [7, 11) is 0. The van der Waals surface area contributed by atoms with Crippen molar-refractivity contribution in [3.63, 3.8) is 0 Å². The Morgan fingerprint density at radius 1 is 1.04 bits per heavy atom. The van der Waals surface area contributed by atoms with Crippen molar-refractivity contribution in [3.8, 4) is 0 Å². The first-order valence-electron chi connectivity index (χ1n) is 8.09. The Morgan fingerprint density at radius 2 is 1.81 bits per heavy atom. The van der Waals surface area contributed by atoms with Crippen LogP contribution in [0.1, 0.15) is 15.9 Å². The van der Waals surface area contributed by atoms with Crippen LogP contribution in [-0.2, 0) is 0 Å². The summed E-state index contributed by atoms with van der Waals surface area (Å²) in [4.78, 5) is 13.7. The van der Waals surface area contributed by atoms with E-state index in [1.807, 2.05) is 30.3 Å². The molecule has 0 radical (unpaired) electrons. The van der Waals surface area contributed by atoms with Gasteiger partial charge in [-0.05, 0) is 33.3 Å². The summed E-state index contributed by atoms with van der Waals surface area (Å²) in [5, 5.41) is 19.4. The minimum Gasteiger partial charge on any atom is -0.288 e. The number of halogens is 1. The Morgan fingerprint density at radius 3 is 2.70 bits per heavy atom. The lowest BCUT2D eigenvalue weighted by atomic mass is 10.0. The number of hydrogen-bond donors (Lipinski definition) is 1. The lowest BCUT2D eigenvalue weighted by Crippen LogP contribution is -2.15. The number of fused-ring (bicyclic) bond motifs is 1. The number of hydrogen-bond acceptors (Lipinski definition) is 5. The van der Waals surface area contributed by atoms with Crippen LogP contribution in [0.4, 0.5) is 10.3 Å². The number of carbonyl (C=O) groups excluding carboxylic acids is 1. The second-order valence-corrected chi connectivity index (χ2v) is 5.64. The molecule has 0 unspecified atom stereocenters. The van der Waals surface area contributed by atoms with E-state index in [2.05, 4.69) is 25.9 Å². The van der Waals surface area contributed by atoms with Crippen molar-refractivity contribution in [3.05, 3.63) is 83.7 Å². The Kier molecular flexibility index (Phi) is 4.36. The largest absolute Gasteiger partial charge is 0.288 e. The van der Waals surface area contributed by atoms with Crippen molar-refractivity contribution in [1.29, 1.82) is 0 Å². The molecule has 0 atom stereocenters. The Balaban J connectivity index is 1.60. The van der Waals surface area contributed by atoms with Crippen molar-refractivity contribution in [1.82, 2.24) is 20.3 Å². The van der Waals surface area contributed by atoms with Crippen molar-refractivity contribution >= 4 is 28.8 Å². The molecular formula is C19H13FN6O. The molecule has 0 saturated carbocycles. The lowest BCUT2D eigenvalue weighted by Gasteiger charge is -2.06. The number of carbonyl (C=O) groups is 1. The number of aromatic nitrogens is 4. The number of anilines is 1. The van der Waals surface area contributed by atoms with Gasteiger partial charge in [0, 0.05) is 11.1 Å². The molecule has 1 amide bonds. The van der Waals surface area contributed by atoms with E-state index in [1.54, 1.807) is 30.3 Å². The summed E-state index contributed by atoms with van der Waals surface area (Å²) in [5.74, 6) is -0.764. The third-order valence-corrected chi connectivity index (χ3v) is 3.92. The Hall–Kier alpha value is -3.94. The smallest absolute Gasteiger partial charge is 0.272 e. The lowest BCUT2D eigenvalue weighted by molar-refractivity contribution is 0.102. The standard InChI is InChI=1S/C19H13FN6O/c20-17-11-4-2-7-14(17)12-21-26-19(23-24-25-26)22-18(27)16-10-5-8-13-6-1-3-9-15(13)16/h1-12H,(H,22,23,25,27)/b21-12-. The Bertz CT molecular complexity index is 1150. The molecule has 7 nitrogen and oxygen atoms in total. The van der Waals surface area contributed by atoms with E-state index in [0.29, 0.717) is 5.56 Å². The van der Waals surface area contributed by atoms with Crippen LogP contribution in [0.3, 0.4) is 0 Å². The van der Waals surface area contributed by atoms with Crippen LogP contribution in [0.2, 0.25) is 0 Å². The average molecular weight is 360 g/mol. The molecule has 0 aliphatic rings. The first-order valence-corrected chi connectivity index (χ1v) is 8.09. The molecule has 1 aromatic heterocycles. The van der Waals surface area contributed by atoms with Crippen molar-refractivity contribution in [2.45, 2.75) is 0 Å². The summed E-state index contributed by atoms with van der Waals surface area (Å²) in [6, 6.07) is 19.2.